The average molecular weight is 326 g/mol. The molecule has 6 nitrogen and oxygen atoms in total. The molecule has 20 heavy (non-hydrogen) atoms. The van der Waals surface area contributed by atoms with Crippen molar-refractivity contribution >= 4 is 33.5 Å². The number of aliphatic carboxylic acids is 2. The predicted octanol–water partition coefficient (Wildman–Crippen LogP) is 1.65. The molecule has 0 aromatic rings. The van der Waals surface area contributed by atoms with Crippen LogP contribution in [-0.4, -0.2) is 57.1 Å². The monoisotopic (exact) mass is 326 g/mol. The van der Waals surface area contributed by atoms with Crippen molar-refractivity contribution in [1.29, 1.82) is 0 Å². The maximum atomic E-state index is 9.60. The molecule has 0 radical (unpaired) electrons. The average Bonchev–Trinajstić information content (AvgIpc) is 2.36. The summed E-state index contributed by atoms with van der Waals surface area (Å²) in [4.78, 5) is 19.2. The van der Waals surface area contributed by atoms with E-state index in [0.717, 1.165) is 11.5 Å². The van der Waals surface area contributed by atoms with Crippen LogP contribution in [0.3, 0.4) is 0 Å². The Bertz CT molecular complexity index is 250. The minimum atomic E-state index is -0.935. The normalized spacial score (nSPS) is 8.40. The fraction of sp³-hybridized carbons (Fsp3) is 0.500. The Morgan fingerprint density at radius 3 is 1.15 bits per heavy atom. The first-order valence-electron chi connectivity index (χ1n) is 5.44. The van der Waals surface area contributed by atoms with Gasteiger partial charge in [0.15, 0.2) is 0 Å². The van der Waals surface area contributed by atoms with Crippen molar-refractivity contribution in [1.82, 2.24) is 0 Å². The lowest BCUT2D eigenvalue weighted by molar-refractivity contribution is -0.133. The van der Waals surface area contributed by atoms with E-state index in [0.29, 0.717) is 0 Å². The van der Waals surface area contributed by atoms with E-state index in [1.807, 2.05) is 0 Å². The van der Waals surface area contributed by atoms with E-state index >= 15 is 0 Å². The third-order valence-corrected chi connectivity index (χ3v) is 3.53. The van der Waals surface area contributed by atoms with Crippen molar-refractivity contribution in [3.63, 3.8) is 0 Å². The summed E-state index contributed by atoms with van der Waals surface area (Å²) in [5, 5.41) is 32.3. The van der Waals surface area contributed by atoms with Crippen LogP contribution in [0.5, 0.6) is 0 Å². The fourth-order valence-corrected chi connectivity index (χ4v) is 1.73. The number of carboxylic acids is 2. The number of carbonyl (C=O) groups is 2. The van der Waals surface area contributed by atoms with Crippen LogP contribution in [0.2, 0.25) is 0 Å². The van der Waals surface area contributed by atoms with Crippen LogP contribution < -0.4 is 0 Å². The Morgan fingerprint density at radius 1 is 0.850 bits per heavy atom. The van der Waals surface area contributed by atoms with Gasteiger partial charge in [0.05, 0.1) is 13.2 Å². The van der Waals surface area contributed by atoms with Gasteiger partial charge < -0.3 is 20.4 Å². The van der Waals surface area contributed by atoms with Crippen LogP contribution in [0.1, 0.15) is 13.8 Å². The van der Waals surface area contributed by atoms with Crippen LogP contribution in [-0.2, 0) is 9.59 Å². The molecular formula is C12H22O6S2. The van der Waals surface area contributed by atoms with Gasteiger partial charge in [0.1, 0.15) is 0 Å². The van der Waals surface area contributed by atoms with E-state index in [9.17, 15) is 9.59 Å². The van der Waals surface area contributed by atoms with Crippen LogP contribution in [0.4, 0.5) is 0 Å². The quantitative estimate of drug-likeness (QED) is 0.317. The summed E-state index contributed by atoms with van der Waals surface area (Å²) in [7, 11) is 3.17. The Kier molecular flexibility index (Phi) is 21.7. The van der Waals surface area contributed by atoms with Gasteiger partial charge in [-0.25, -0.2) is 9.59 Å². The standard InChI is InChI=1S/C4H10O2S2.2C4H6O2/c5-1-3-7-8-4-2-6;2*1-3(2)4(5)6/h5-6H,1-4H2;2*1H2,2H3,(H,5,6). The zero-order chi connectivity index (χ0) is 16.6. The van der Waals surface area contributed by atoms with Crippen molar-refractivity contribution < 1.29 is 30.0 Å². The Labute approximate surface area is 127 Å². The minimum absolute atomic E-state index is 0.176. The second kappa shape index (κ2) is 18.0. The molecule has 0 aliphatic heterocycles. The van der Waals surface area contributed by atoms with Gasteiger partial charge >= 0.3 is 11.9 Å². The summed E-state index contributed by atoms with van der Waals surface area (Å²) >= 11 is 0. The summed E-state index contributed by atoms with van der Waals surface area (Å²) in [6, 6.07) is 0. The van der Waals surface area contributed by atoms with E-state index in [-0.39, 0.29) is 24.4 Å². The fourth-order valence-electron chi connectivity index (χ4n) is 0.192. The molecule has 0 aliphatic rings. The van der Waals surface area contributed by atoms with Gasteiger partial charge in [0, 0.05) is 22.7 Å². The van der Waals surface area contributed by atoms with Gasteiger partial charge in [0.2, 0.25) is 0 Å². The van der Waals surface area contributed by atoms with Crippen molar-refractivity contribution in [3.05, 3.63) is 24.3 Å². The van der Waals surface area contributed by atoms with Crippen molar-refractivity contribution in [2.24, 2.45) is 0 Å². The molecule has 0 bridgehead atoms. The van der Waals surface area contributed by atoms with Gasteiger partial charge in [-0.2, -0.15) is 0 Å². The van der Waals surface area contributed by atoms with E-state index in [1.54, 1.807) is 21.6 Å². The highest BCUT2D eigenvalue weighted by Crippen LogP contribution is 2.18. The number of aliphatic hydroxyl groups excluding tert-OH is 2. The molecule has 0 saturated heterocycles. The molecule has 8 heteroatoms. The van der Waals surface area contributed by atoms with Gasteiger partial charge in [-0.15, -0.1) is 0 Å². The van der Waals surface area contributed by atoms with E-state index in [4.69, 9.17) is 20.4 Å². The summed E-state index contributed by atoms with van der Waals surface area (Å²) in [6.45, 7) is 9.65. The molecule has 0 aliphatic carbocycles. The third kappa shape index (κ3) is 30.2. The molecule has 0 rings (SSSR count). The van der Waals surface area contributed by atoms with Crippen LogP contribution in [0, 0.1) is 0 Å². The molecule has 0 unspecified atom stereocenters. The summed E-state index contributed by atoms with van der Waals surface area (Å²) in [5.41, 5.74) is 0.352. The third-order valence-electron chi connectivity index (χ3n) is 1.16. The van der Waals surface area contributed by atoms with Gasteiger partial charge in [-0.3, -0.25) is 0 Å². The first kappa shape index (κ1) is 24.1. The summed E-state index contributed by atoms with van der Waals surface area (Å²) in [6.07, 6.45) is 0. The van der Waals surface area contributed by atoms with Crippen LogP contribution >= 0.6 is 21.6 Å². The molecule has 4 N–H and O–H groups in total. The molecule has 0 saturated carbocycles. The molecule has 0 spiro atoms. The number of hydrogen-bond donors (Lipinski definition) is 4. The number of rotatable bonds is 7. The van der Waals surface area contributed by atoms with E-state index in [1.165, 1.54) is 13.8 Å². The molecule has 0 aromatic carbocycles. The second-order valence-electron chi connectivity index (χ2n) is 3.26. The zero-order valence-electron chi connectivity index (χ0n) is 11.7. The summed E-state index contributed by atoms with van der Waals surface area (Å²) < 4.78 is 0. The summed E-state index contributed by atoms with van der Waals surface area (Å²) in [5.74, 6) is -0.361. The Balaban J connectivity index is -0.000000221. The molecule has 0 heterocycles. The lowest BCUT2D eigenvalue weighted by Gasteiger charge is -1.93. The molecule has 0 atom stereocenters. The highest BCUT2D eigenvalue weighted by atomic mass is 33.1. The highest BCUT2D eigenvalue weighted by Gasteiger charge is 1.90. The molecular weight excluding hydrogens is 304 g/mol. The number of aliphatic hydroxyl groups is 2. The maximum absolute atomic E-state index is 9.60. The van der Waals surface area contributed by atoms with Gasteiger partial charge in [-0.05, 0) is 13.8 Å². The molecule has 0 fully saturated rings. The Hall–Kier alpha value is -0.960. The molecule has 118 valence electrons. The van der Waals surface area contributed by atoms with Gasteiger partial charge in [0.25, 0.3) is 0 Å². The lowest BCUT2D eigenvalue weighted by Crippen LogP contribution is -1.92. The number of carboxylic acid groups (broad SMARTS) is 2. The molecule has 0 amide bonds. The Morgan fingerprint density at radius 2 is 1.05 bits per heavy atom. The second-order valence-corrected chi connectivity index (χ2v) is 5.96. The topological polar surface area (TPSA) is 115 Å². The lowest BCUT2D eigenvalue weighted by atomic mass is 10.4. The van der Waals surface area contributed by atoms with Crippen LogP contribution in [0.25, 0.3) is 0 Å². The van der Waals surface area contributed by atoms with Crippen molar-refractivity contribution in [2.45, 2.75) is 13.8 Å². The minimum Gasteiger partial charge on any atom is -0.478 e. The molecule has 0 aromatic heterocycles. The van der Waals surface area contributed by atoms with Crippen LogP contribution in [0.15, 0.2) is 24.3 Å². The van der Waals surface area contributed by atoms with Gasteiger partial charge in [-0.1, -0.05) is 34.7 Å². The maximum Gasteiger partial charge on any atom is 0.330 e. The largest absolute Gasteiger partial charge is 0.478 e. The first-order valence-corrected chi connectivity index (χ1v) is 7.93. The smallest absolute Gasteiger partial charge is 0.330 e. The number of hydrogen-bond acceptors (Lipinski definition) is 6. The van der Waals surface area contributed by atoms with Crippen molar-refractivity contribution in [3.8, 4) is 0 Å². The predicted molar refractivity (Wildman–Crippen MR) is 84.0 cm³/mol. The van der Waals surface area contributed by atoms with E-state index in [2.05, 4.69) is 13.2 Å². The zero-order valence-corrected chi connectivity index (χ0v) is 13.3. The first-order chi connectivity index (χ1) is 9.20. The SMILES string of the molecule is C=C(C)C(=O)O.C=C(C)C(=O)O.OCCSSCCO. The van der Waals surface area contributed by atoms with E-state index < -0.39 is 11.9 Å². The van der Waals surface area contributed by atoms with Crippen molar-refractivity contribution in [2.75, 3.05) is 24.7 Å². The highest BCUT2D eigenvalue weighted by molar-refractivity contribution is 8.76.